The number of hydrogen-bond acceptors (Lipinski definition) is 2. The highest BCUT2D eigenvalue weighted by molar-refractivity contribution is 8.32. The summed E-state index contributed by atoms with van der Waals surface area (Å²) in [5.74, 6) is 0. The maximum Gasteiger partial charge on any atom is 0.387 e. The molecule has 0 atom stereocenters. The van der Waals surface area contributed by atoms with E-state index in [0.29, 0.717) is 0 Å². The highest BCUT2D eigenvalue weighted by Crippen LogP contribution is 2.68. The van der Waals surface area contributed by atoms with Crippen LogP contribution in [0.4, 0.5) is 0 Å². The average molecular weight is 528 g/mol. The Bertz CT molecular complexity index is 1140. The molecule has 1 N–H and O–H groups in total. The van der Waals surface area contributed by atoms with Gasteiger partial charge in [0.25, 0.3) is 0 Å². The summed E-state index contributed by atoms with van der Waals surface area (Å²) in [4.78, 5) is 2.73. The molecule has 0 radical (unpaired) electrons. The number of rotatable bonds is 5. The molecule has 3 nitrogen and oxygen atoms in total. The third kappa shape index (κ3) is 6.24. The molecule has 0 aromatic heterocycles. The number of hydrogen-bond donors (Lipinski definition) is 0. The molecule has 0 bridgehead atoms. The maximum atomic E-state index is 12.9. The van der Waals surface area contributed by atoms with E-state index in [1.165, 1.54) is 22.9 Å². The zero-order chi connectivity index (χ0) is 27.2. The highest BCUT2D eigenvalue weighted by Gasteiger charge is 2.42. The van der Waals surface area contributed by atoms with E-state index in [-0.39, 0.29) is 16.2 Å². The van der Waals surface area contributed by atoms with Crippen molar-refractivity contribution in [3.63, 3.8) is 0 Å². The molecule has 0 fully saturated rings. The topological polar surface area (TPSA) is 46.9 Å². The van der Waals surface area contributed by atoms with Gasteiger partial charge in [0.2, 0.25) is 0 Å². The molecule has 196 valence electrons. The molecular weight excluding hydrogens is 484 g/mol. The van der Waals surface area contributed by atoms with Crippen LogP contribution >= 0.6 is 10.3 Å². The van der Waals surface area contributed by atoms with Gasteiger partial charge in [0.1, 0.15) is 6.26 Å². The standard InChI is InChI=1S/C31H42O3S2/c1-29(2,3)23-11-17-26(18-12-23)36(34-35(10,32)33,27-19-13-24(14-20-27)30(4,5)6)28-21-15-25(16-22-28)31(7,8)9/h11-22H,1-10H3/p+1. The van der Waals surface area contributed by atoms with Crippen LogP contribution in [0.15, 0.2) is 87.5 Å². The lowest BCUT2D eigenvalue weighted by Gasteiger charge is -2.35. The van der Waals surface area contributed by atoms with Gasteiger partial charge in [-0.3, -0.25) is 3.63 Å². The molecule has 3 aromatic carbocycles. The molecule has 0 saturated heterocycles. The molecule has 5 heteroatoms. The van der Waals surface area contributed by atoms with Crippen LogP contribution in [0.5, 0.6) is 0 Å². The molecule has 36 heavy (non-hydrogen) atoms. The Hall–Kier alpha value is -2.08. The number of benzene rings is 3. The van der Waals surface area contributed by atoms with Gasteiger partial charge in [0, 0.05) is 0 Å². The molecule has 3 aromatic rings. The normalized spacial score (nSPS) is 14.1. The van der Waals surface area contributed by atoms with Crippen LogP contribution < -0.4 is 0 Å². The van der Waals surface area contributed by atoms with Crippen LogP contribution in [-0.4, -0.2) is 18.3 Å². The van der Waals surface area contributed by atoms with E-state index in [9.17, 15) is 8.42 Å². The lowest BCUT2D eigenvalue weighted by atomic mass is 9.87. The fourth-order valence-electron chi connectivity index (χ4n) is 4.20. The van der Waals surface area contributed by atoms with Crippen LogP contribution in [0, 0.1) is 0 Å². The molecule has 0 saturated carbocycles. The highest BCUT2D eigenvalue weighted by atomic mass is 32.3. The first-order chi connectivity index (χ1) is 16.3. The zero-order valence-corrected chi connectivity index (χ0v) is 25.1. The Morgan fingerprint density at radius 1 is 0.472 bits per heavy atom. The summed E-state index contributed by atoms with van der Waals surface area (Å²) in [5, 5.41) is 0. The molecule has 0 unspecified atom stereocenters. The van der Waals surface area contributed by atoms with Gasteiger partial charge in [-0.2, -0.15) is 8.42 Å². The molecule has 3 rings (SSSR count). The molecular formula is C31H43O3S2+. The quantitative estimate of drug-likeness (QED) is 0.246. The third-order valence-corrected chi connectivity index (χ3v) is 11.3. The van der Waals surface area contributed by atoms with Crippen molar-refractivity contribution in [3.05, 3.63) is 89.5 Å². The van der Waals surface area contributed by atoms with Gasteiger partial charge in [0.15, 0.2) is 0 Å². The van der Waals surface area contributed by atoms with Crippen molar-refractivity contribution in [2.75, 3.05) is 6.26 Å². The second kappa shape index (κ2) is 9.66. The Balaban J connectivity index is 2.36. The van der Waals surface area contributed by atoms with Crippen molar-refractivity contribution in [1.82, 2.24) is 0 Å². The lowest BCUT2D eigenvalue weighted by molar-refractivity contribution is 0.392. The minimum absolute atomic E-state index is 0.00673. The Morgan fingerprint density at radius 3 is 0.861 bits per heavy atom. The summed E-state index contributed by atoms with van der Waals surface area (Å²) in [6.07, 6.45) is 1.20. The van der Waals surface area contributed by atoms with Gasteiger partial charge in [-0.1, -0.05) is 98.7 Å². The largest absolute Gasteiger partial charge is 0.387 e. The van der Waals surface area contributed by atoms with Crippen LogP contribution in [0.25, 0.3) is 0 Å². The van der Waals surface area contributed by atoms with Crippen molar-refractivity contribution in [1.29, 1.82) is 0 Å². The Kier molecular flexibility index (Phi) is 7.65. The van der Waals surface area contributed by atoms with Gasteiger partial charge >= 0.3 is 10.1 Å². The Labute approximate surface area is 221 Å². The SMILES string of the molecule is CC(C)(C)c1ccc(S([OH+]S(C)(=O)=O)(c2ccc(C(C)(C)C)cc2)c2ccc(C(C)(C)C)cc2)cc1. The van der Waals surface area contributed by atoms with E-state index in [0.717, 1.165) is 14.7 Å². The minimum atomic E-state index is -3.68. The summed E-state index contributed by atoms with van der Waals surface area (Å²) in [7, 11) is -6.12. The molecule has 0 aliphatic heterocycles. The van der Waals surface area contributed by atoms with Gasteiger partial charge in [-0.25, -0.2) is 0 Å². The van der Waals surface area contributed by atoms with Crippen molar-refractivity contribution in [3.8, 4) is 0 Å². The summed E-state index contributed by atoms with van der Waals surface area (Å²) >= 11 is 0. The van der Waals surface area contributed by atoms with Gasteiger partial charge in [0.05, 0.1) is 25.0 Å². The van der Waals surface area contributed by atoms with Gasteiger partial charge in [-0.05, 0) is 69.3 Å². The first-order valence-corrected chi connectivity index (χ1v) is 15.9. The summed E-state index contributed by atoms with van der Waals surface area (Å²) < 4.78 is 30.5. The average Bonchev–Trinajstić information content (AvgIpc) is 2.75. The van der Waals surface area contributed by atoms with Crippen LogP contribution in [-0.2, 0) is 26.4 Å². The van der Waals surface area contributed by atoms with Crippen molar-refractivity contribution in [2.24, 2.45) is 0 Å². The van der Waals surface area contributed by atoms with E-state index in [1.807, 2.05) is 0 Å². The first-order valence-electron chi connectivity index (χ1n) is 12.4. The monoisotopic (exact) mass is 527 g/mol. The molecule has 0 heterocycles. The van der Waals surface area contributed by atoms with Gasteiger partial charge in [-0.15, -0.1) is 0 Å². The molecule has 0 amide bonds. The predicted octanol–water partition coefficient (Wildman–Crippen LogP) is 8.83. The van der Waals surface area contributed by atoms with Crippen LogP contribution in [0.3, 0.4) is 0 Å². The molecule has 0 spiro atoms. The zero-order valence-electron chi connectivity index (χ0n) is 23.5. The van der Waals surface area contributed by atoms with E-state index in [1.54, 1.807) is 0 Å². The smallest absolute Gasteiger partial charge is 0.262 e. The second-order valence-corrected chi connectivity index (χ2v) is 17.3. The summed E-state index contributed by atoms with van der Waals surface area (Å²) in [6, 6.07) is 25.1. The predicted molar refractivity (Wildman–Crippen MR) is 155 cm³/mol. The fraction of sp³-hybridized carbons (Fsp3) is 0.419. The Morgan fingerprint density at radius 2 is 0.694 bits per heavy atom. The molecule has 0 aliphatic rings. The van der Waals surface area contributed by atoms with Crippen molar-refractivity contribution < 1.29 is 12.0 Å². The van der Waals surface area contributed by atoms with E-state index < -0.39 is 20.4 Å². The first kappa shape index (κ1) is 28.5. The summed E-state index contributed by atoms with van der Waals surface area (Å²) in [6.45, 7) is 19.6. The van der Waals surface area contributed by atoms with E-state index >= 15 is 0 Å². The van der Waals surface area contributed by atoms with Crippen LogP contribution in [0.1, 0.15) is 79.0 Å². The van der Waals surface area contributed by atoms with Crippen LogP contribution in [0.2, 0.25) is 0 Å². The molecule has 0 aliphatic carbocycles. The summed E-state index contributed by atoms with van der Waals surface area (Å²) in [5.41, 5.74) is 3.58. The van der Waals surface area contributed by atoms with Crippen molar-refractivity contribution in [2.45, 2.75) is 93.2 Å². The van der Waals surface area contributed by atoms with E-state index in [4.69, 9.17) is 0 Å². The third-order valence-electron chi connectivity index (χ3n) is 6.43. The fourth-order valence-corrected chi connectivity index (χ4v) is 9.26. The lowest BCUT2D eigenvalue weighted by Crippen LogP contribution is -2.19. The second-order valence-electron chi connectivity index (χ2n) is 12.7. The van der Waals surface area contributed by atoms with Crippen molar-refractivity contribution >= 4 is 20.4 Å². The maximum absolute atomic E-state index is 12.9. The minimum Gasteiger partial charge on any atom is -0.262 e. The van der Waals surface area contributed by atoms with E-state index in [2.05, 4.69) is 139 Å². The van der Waals surface area contributed by atoms with Gasteiger partial charge < -0.3 is 0 Å².